The lowest BCUT2D eigenvalue weighted by molar-refractivity contribution is 0.0963. The highest BCUT2D eigenvalue weighted by Crippen LogP contribution is 2.16. The molecule has 1 aromatic rings. The molecule has 0 radical (unpaired) electrons. The summed E-state index contributed by atoms with van der Waals surface area (Å²) in [6, 6.07) is 5.66. The van der Waals surface area contributed by atoms with Crippen LogP contribution < -0.4 is 10.0 Å². The second kappa shape index (κ2) is 6.34. The van der Waals surface area contributed by atoms with Gasteiger partial charge in [-0.1, -0.05) is 0 Å². The van der Waals surface area contributed by atoms with Crippen LogP contribution >= 0.6 is 0 Å². The van der Waals surface area contributed by atoms with Crippen molar-refractivity contribution in [3.05, 3.63) is 29.8 Å². The van der Waals surface area contributed by atoms with Gasteiger partial charge in [-0.25, -0.2) is 13.1 Å². The highest BCUT2D eigenvalue weighted by molar-refractivity contribution is 7.89. The van der Waals surface area contributed by atoms with Gasteiger partial charge in [0.1, 0.15) is 0 Å². The Kier molecular flexibility index (Phi) is 5.27. The molecule has 7 heteroatoms. The van der Waals surface area contributed by atoms with Gasteiger partial charge in [-0.3, -0.25) is 4.79 Å². The fraction of sp³-hybridized carbons (Fsp3) is 0.462. The first-order chi connectivity index (χ1) is 9.22. The van der Waals surface area contributed by atoms with E-state index in [9.17, 15) is 13.2 Å². The Bertz CT molecular complexity index is 565. The molecule has 0 aliphatic heterocycles. The first-order valence-corrected chi connectivity index (χ1v) is 7.67. The number of sulfonamides is 1. The topological polar surface area (TPSA) is 95.5 Å². The van der Waals surface area contributed by atoms with Crippen molar-refractivity contribution in [1.29, 1.82) is 0 Å². The Balaban J connectivity index is 2.96. The Morgan fingerprint density at radius 1 is 1.25 bits per heavy atom. The van der Waals surface area contributed by atoms with Gasteiger partial charge in [-0.2, -0.15) is 0 Å². The summed E-state index contributed by atoms with van der Waals surface area (Å²) in [6.07, 6.45) is 0.308. The summed E-state index contributed by atoms with van der Waals surface area (Å²) in [7, 11) is -2.18. The summed E-state index contributed by atoms with van der Waals surface area (Å²) in [5.41, 5.74) is -0.353. The van der Waals surface area contributed by atoms with Crippen LogP contribution in [0.4, 0.5) is 0 Å². The third-order valence-corrected chi connectivity index (χ3v) is 4.52. The molecule has 112 valence electrons. The van der Waals surface area contributed by atoms with Crippen LogP contribution in [0.25, 0.3) is 0 Å². The van der Waals surface area contributed by atoms with Crippen molar-refractivity contribution in [2.45, 2.75) is 30.7 Å². The smallest absolute Gasteiger partial charge is 0.251 e. The van der Waals surface area contributed by atoms with Gasteiger partial charge >= 0.3 is 0 Å². The zero-order valence-corrected chi connectivity index (χ0v) is 12.6. The number of hydrogen-bond acceptors (Lipinski definition) is 4. The molecule has 0 saturated heterocycles. The Morgan fingerprint density at radius 3 is 2.25 bits per heavy atom. The van der Waals surface area contributed by atoms with Crippen molar-refractivity contribution in [2.75, 3.05) is 13.7 Å². The van der Waals surface area contributed by atoms with Gasteiger partial charge in [0.15, 0.2) is 0 Å². The van der Waals surface area contributed by atoms with Crippen LogP contribution in [0.5, 0.6) is 0 Å². The summed E-state index contributed by atoms with van der Waals surface area (Å²) in [4.78, 5) is 11.5. The van der Waals surface area contributed by atoms with Gasteiger partial charge in [0.2, 0.25) is 10.0 Å². The van der Waals surface area contributed by atoms with E-state index in [0.717, 1.165) is 0 Å². The molecule has 0 unspecified atom stereocenters. The van der Waals surface area contributed by atoms with Crippen molar-refractivity contribution < 1.29 is 18.3 Å². The fourth-order valence-electron chi connectivity index (χ4n) is 1.68. The molecule has 0 spiro atoms. The van der Waals surface area contributed by atoms with Gasteiger partial charge < -0.3 is 10.4 Å². The zero-order valence-electron chi connectivity index (χ0n) is 11.8. The standard InChI is InChI=1S/C13H20N2O4S/c1-13(2,8-9-16)15-20(18,19)11-6-4-10(5-7-11)12(17)14-3/h4-7,15-16H,8-9H2,1-3H3,(H,14,17). The highest BCUT2D eigenvalue weighted by atomic mass is 32.2. The largest absolute Gasteiger partial charge is 0.396 e. The molecule has 0 atom stereocenters. The van der Waals surface area contributed by atoms with E-state index >= 15 is 0 Å². The van der Waals surface area contributed by atoms with Crippen molar-refractivity contribution >= 4 is 15.9 Å². The number of carbonyl (C=O) groups is 1. The molecule has 1 rings (SSSR count). The molecule has 0 aromatic heterocycles. The maximum atomic E-state index is 12.2. The molecule has 0 aliphatic rings. The van der Waals surface area contributed by atoms with E-state index in [4.69, 9.17) is 5.11 Å². The molecule has 20 heavy (non-hydrogen) atoms. The molecule has 1 aromatic carbocycles. The van der Waals surface area contributed by atoms with E-state index in [2.05, 4.69) is 10.0 Å². The number of aliphatic hydroxyl groups is 1. The minimum Gasteiger partial charge on any atom is -0.396 e. The average molecular weight is 300 g/mol. The van der Waals surface area contributed by atoms with Crippen LogP contribution in [0.15, 0.2) is 29.2 Å². The lowest BCUT2D eigenvalue weighted by Crippen LogP contribution is -2.43. The molecule has 0 fully saturated rings. The predicted octanol–water partition coefficient (Wildman–Crippen LogP) is 0.485. The van der Waals surface area contributed by atoms with Gasteiger partial charge in [0.05, 0.1) is 4.90 Å². The third kappa shape index (κ3) is 4.29. The van der Waals surface area contributed by atoms with Gasteiger partial charge in [-0.05, 0) is 44.5 Å². The maximum absolute atomic E-state index is 12.2. The predicted molar refractivity (Wildman–Crippen MR) is 75.9 cm³/mol. The summed E-state index contributed by atoms with van der Waals surface area (Å²) < 4.78 is 26.9. The normalized spacial score (nSPS) is 12.2. The van der Waals surface area contributed by atoms with Crippen LogP contribution in [-0.2, 0) is 10.0 Å². The molecule has 3 N–H and O–H groups in total. The fourth-order valence-corrected chi connectivity index (χ4v) is 3.12. The zero-order chi connectivity index (χ0) is 15.4. The minimum absolute atomic E-state index is 0.0798. The first-order valence-electron chi connectivity index (χ1n) is 6.19. The minimum atomic E-state index is -3.68. The summed E-state index contributed by atoms with van der Waals surface area (Å²) in [6.45, 7) is 3.28. The van der Waals surface area contributed by atoms with E-state index in [1.165, 1.54) is 31.3 Å². The van der Waals surface area contributed by atoms with Crippen LogP contribution in [0, 0.1) is 0 Å². The SMILES string of the molecule is CNC(=O)c1ccc(S(=O)(=O)NC(C)(C)CCO)cc1. The van der Waals surface area contributed by atoms with E-state index in [0.29, 0.717) is 12.0 Å². The molecule has 0 heterocycles. The quantitative estimate of drug-likeness (QED) is 0.712. The van der Waals surface area contributed by atoms with Crippen molar-refractivity contribution in [3.8, 4) is 0 Å². The molecule has 0 bridgehead atoms. The highest BCUT2D eigenvalue weighted by Gasteiger charge is 2.25. The van der Waals surface area contributed by atoms with Crippen molar-refractivity contribution in [1.82, 2.24) is 10.0 Å². The second-order valence-electron chi connectivity index (χ2n) is 5.07. The van der Waals surface area contributed by atoms with Crippen LogP contribution in [0.3, 0.4) is 0 Å². The molecule has 6 nitrogen and oxygen atoms in total. The number of aliphatic hydroxyl groups excluding tert-OH is 1. The number of amides is 1. The second-order valence-corrected chi connectivity index (χ2v) is 6.75. The lowest BCUT2D eigenvalue weighted by atomic mass is 10.0. The maximum Gasteiger partial charge on any atom is 0.251 e. The molecule has 0 aliphatic carbocycles. The number of benzene rings is 1. The van der Waals surface area contributed by atoms with Crippen LogP contribution in [0.1, 0.15) is 30.6 Å². The van der Waals surface area contributed by atoms with Crippen LogP contribution in [-0.4, -0.2) is 38.6 Å². The summed E-state index contributed by atoms with van der Waals surface area (Å²) in [5.74, 6) is -0.275. The average Bonchev–Trinajstić information content (AvgIpc) is 2.36. The van der Waals surface area contributed by atoms with Crippen molar-refractivity contribution in [3.63, 3.8) is 0 Å². The summed E-state index contributed by atoms with van der Waals surface area (Å²) in [5, 5.41) is 11.4. The van der Waals surface area contributed by atoms with Crippen molar-refractivity contribution in [2.24, 2.45) is 0 Å². The van der Waals surface area contributed by atoms with Gasteiger partial charge in [-0.15, -0.1) is 0 Å². The molecular weight excluding hydrogens is 280 g/mol. The van der Waals surface area contributed by atoms with E-state index < -0.39 is 15.6 Å². The van der Waals surface area contributed by atoms with E-state index in [1.807, 2.05) is 0 Å². The molecular formula is C13H20N2O4S. The Morgan fingerprint density at radius 2 is 1.80 bits per heavy atom. The monoisotopic (exact) mass is 300 g/mol. The van der Waals surface area contributed by atoms with Gasteiger partial charge in [0, 0.05) is 24.8 Å². The number of rotatable bonds is 6. The first kappa shape index (κ1) is 16.6. The number of hydrogen-bond donors (Lipinski definition) is 3. The third-order valence-electron chi connectivity index (χ3n) is 2.80. The lowest BCUT2D eigenvalue weighted by Gasteiger charge is -2.25. The van der Waals surface area contributed by atoms with E-state index in [-0.39, 0.29) is 17.4 Å². The molecule has 0 saturated carbocycles. The molecule has 1 amide bonds. The van der Waals surface area contributed by atoms with Gasteiger partial charge in [0.25, 0.3) is 5.91 Å². The number of nitrogens with one attached hydrogen (secondary N) is 2. The van der Waals surface area contributed by atoms with Crippen LogP contribution in [0.2, 0.25) is 0 Å². The number of carbonyl (C=O) groups excluding carboxylic acids is 1. The Hall–Kier alpha value is -1.44. The summed E-state index contributed by atoms with van der Waals surface area (Å²) >= 11 is 0. The Labute approximate surface area is 119 Å². The van der Waals surface area contributed by atoms with E-state index in [1.54, 1.807) is 13.8 Å².